The maximum absolute atomic E-state index is 13.7. The van der Waals surface area contributed by atoms with Crippen LogP contribution in [-0.2, 0) is 28.0 Å². The zero-order valence-electron chi connectivity index (χ0n) is 38.0. The van der Waals surface area contributed by atoms with Gasteiger partial charge in [0.15, 0.2) is 6.20 Å². The molecule has 1 aromatic heterocycles. The molecule has 1 aliphatic heterocycles. The Morgan fingerprint density at radius 3 is 1.28 bits per heavy atom. The van der Waals surface area contributed by atoms with Crippen LogP contribution in [0.4, 0.5) is 0 Å². The Morgan fingerprint density at radius 2 is 0.859 bits per heavy atom. The van der Waals surface area contributed by atoms with Gasteiger partial charge in [-0.05, 0) is 55.2 Å². The molecule has 0 aliphatic carbocycles. The Hall–Kier alpha value is -5.98. The fourth-order valence-electron chi connectivity index (χ4n) is 8.75. The van der Waals surface area contributed by atoms with Crippen molar-refractivity contribution in [1.29, 1.82) is 0 Å². The number of hydrogen-bond donors (Lipinski definition) is 3. The lowest BCUT2D eigenvalue weighted by molar-refractivity contribution is -0.643. The molecule has 11 nitrogen and oxygen atoms in total. The third-order valence-corrected chi connectivity index (χ3v) is 12.5. The van der Waals surface area contributed by atoms with Gasteiger partial charge in [-0.25, -0.2) is 4.57 Å². The van der Waals surface area contributed by atoms with Gasteiger partial charge in [0.25, 0.3) is 0 Å². The summed E-state index contributed by atoms with van der Waals surface area (Å²) >= 11 is 0. The fourth-order valence-corrected chi connectivity index (χ4v) is 8.75. The number of aromatic nitrogens is 1. The Balaban J connectivity index is 1.12. The molecule has 11 heteroatoms. The summed E-state index contributed by atoms with van der Waals surface area (Å²) in [4.78, 5) is 50.2. The zero-order valence-corrected chi connectivity index (χ0v) is 38.0. The number of fused-ring (bicyclic) bond motifs is 3. The molecule has 2 heterocycles. The van der Waals surface area contributed by atoms with Crippen LogP contribution in [0.2, 0.25) is 0 Å². The van der Waals surface area contributed by atoms with Crippen molar-refractivity contribution in [3.8, 4) is 0 Å². The van der Waals surface area contributed by atoms with Gasteiger partial charge in [-0.15, -0.1) is 0 Å². The molecule has 1 fully saturated rings. The highest BCUT2D eigenvalue weighted by Gasteiger charge is 2.23. The van der Waals surface area contributed by atoms with Crippen LogP contribution in [0.15, 0.2) is 140 Å². The summed E-state index contributed by atoms with van der Waals surface area (Å²) in [5.74, 6) is -0.132. The molecule has 334 valence electrons. The summed E-state index contributed by atoms with van der Waals surface area (Å²) in [6.45, 7) is 12.5. The number of hydrogen-bond acceptors (Lipinski definition) is 7. The lowest BCUT2D eigenvalue weighted by Gasteiger charge is -2.34. The van der Waals surface area contributed by atoms with Crippen LogP contribution >= 0.6 is 0 Å². The van der Waals surface area contributed by atoms with E-state index in [0.29, 0.717) is 58.9 Å². The van der Waals surface area contributed by atoms with Crippen molar-refractivity contribution in [1.82, 2.24) is 35.6 Å². The van der Waals surface area contributed by atoms with Crippen LogP contribution < -0.4 is 20.5 Å². The molecular formula is C53H65N8O3+. The highest BCUT2D eigenvalue weighted by Crippen LogP contribution is 2.24. The minimum Gasteiger partial charge on any atom is -0.348 e. The van der Waals surface area contributed by atoms with Crippen molar-refractivity contribution >= 4 is 39.4 Å². The van der Waals surface area contributed by atoms with Crippen molar-refractivity contribution in [2.24, 2.45) is 7.05 Å². The molecule has 6 aromatic rings. The summed E-state index contributed by atoms with van der Waals surface area (Å²) in [7, 11) is 2.10. The topological polar surface area (TPSA) is 104 Å². The van der Waals surface area contributed by atoms with Gasteiger partial charge in [-0.3, -0.25) is 34.0 Å². The molecular weight excluding hydrogens is 797 g/mol. The number of pyridine rings is 1. The fraction of sp³-hybridized carbons (Fsp3) is 0.358. The Labute approximate surface area is 379 Å². The monoisotopic (exact) mass is 862 g/mol. The van der Waals surface area contributed by atoms with Crippen LogP contribution in [0, 0.1) is 0 Å². The van der Waals surface area contributed by atoms with Gasteiger partial charge in [-0.1, -0.05) is 115 Å². The molecule has 0 saturated carbocycles. The quantitative estimate of drug-likeness (QED) is 0.0890. The number of nitrogens with one attached hydrogen (secondary N) is 3. The molecule has 1 saturated heterocycles. The lowest BCUT2D eigenvalue weighted by atomic mass is 10.0. The summed E-state index contributed by atoms with van der Waals surface area (Å²) < 4.78 is 2.19. The second-order valence-electron chi connectivity index (χ2n) is 17.4. The van der Waals surface area contributed by atoms with Gasteiger partial charge >= 0.3 is 0 Å². The third kappa shape index (κ3) is 13.0. The third-order valence-electron chi connectivity index (χ3n) is 12.5. The molecule has 7 rings (SSSR count). The van der Waals surface area contributed by atoms with Crippen LogP contribution in [0.1, 0.15) is 61.2 Å². The molecule has 5 aromatic carbocycles. The number of nitrogens with zero attached hydrogens (tertiary/aromatic N) is 5. The van der Waals surface area contributed by atoms with Crippen molar-refractivity contribution in [2.45, 2.75) is 45.4 Å². The van der Waals surface area contributed by atoms with E-state index in [1.54, 1.807) is 0 Å². The molecule has 0 radical (unpaired) electrons. The van der Waals surface area contributed by atoms with E-state index in [0.717, 1.165) is 16.7 Å². The van der Waals surface area contributed by atoms with E-state index < -0.39 is 0 Å². The number of carbonyl (C=O) groups excluding carboxylic acids is 3. The SMILES string of the molecule is C[C@H](NC(=O)CN1CCN(CC(=O)N[C@@H](C)c2ccccc2)CCN(Cc2ccc3c(c2)c2ccccc2c[n+]3C)CCN(CC(=O)N[C@@H](C)c2ccccc2)CC1)c1ccccc1. The van der Waals surface area contributed by atoms with E-state index in [9.17, 15) is 14.4 Å². The molecule has 0 spiro atoms. The predicted molar refractivity (Wildman–Crippen MR) is 256 cm³/mol. The molecule has 0 bridgehead atoms. The first-order valence-corrected chi connectivity index (χ1v) is 22.8. The summed E-state index contributed by atoms with van der Waals surface area (Å²) in [6, 6.07) is 44.9. The number of rotatable bonds is 14. The molecule has 0 unspecified atom stereocenters. The molecule has 1 aliphatic rings. The highest BCUT2D eigenvalue weighted by molar-refractivity contribution is 6.04. The smallest absolute Gasteiger partial charge is 0.234 e. The first kappa shape index (κ1) is 46.0. The minimum absolute atomic E-state index is 0.0350. The second kappa shape index (κ2) is 22.6. The van der Waals surface area contributed by atoms with Crippen LogP contribution in [0.5, 0.6) is 0 Å². The minimum atomic E-state index is -0.144. The van der Waals surface area contributed by atoms with Crippen molar-refractivity contribution < 1.29 is 19.0 Å². The van der Waals surface area contributed by atoms with Gasteiger partial charge < -0.3 is 16.0 Å². The number of amides is 3. The van der Waals surface area contributed by atoms with Crippen molar-refractivity contribution in [2.75, 3.05) is 72.0 Å². The molecule has 64 heavy (non-hydrogen) atoms. The summed E-state index contributed by atoms with van der Waals surface area (Å²) in [6.07, 6.45) is 2.18. The van der Waals surface area contributed by atoms with Gasteiger partial charge in [0.1, 0.15) is 7.05 Å². The van der Waals surface area contributed by atoms with E-state index >= 15 is 0 Å². The summed E-state index contributed by atoms with van der Waals surface area (Å²) in [5, 5.41) is 13.3. The molecule has 3 atom stereocenters. The Kier molecular flexibility index (Phi) is 16.2. The molecule has 3 amide bonds. The zero-order chi connectivity index (χ0) is 44.8. The number of aryl methyl sites for hydroxylation is 1. The number of benzene rings is 5. The van der Waals surface area contributed by atoms with Gasteiger partial charge in [0, 0.05) is 75.7 Å². The first-order valence-electron chi connectivity index (χ1n) is 22.8. The maximum Gasteiger partial charge on any atom is 0.234 e. The molecule has 3 N–H and O–H groups in total. The standard InChI is InChI=1S/C53H64N8O3/c1-40(44-16-8-5-9-17-44)54-51(62)37-59-28-26-58(35-43-24-25-50-49(34-43)48-23-15-14-22-47(48)36-57(50)4)27-29-60(38-52(63)55-41(2)45-18-10-6-11-19-45)31-33-61(32-30-59)39-53(64)56-42(3)46-20-12-7-13-21-46/h5-25,34,36,40-42H,26-33,35,37-39H2,1-4H3,(H2-,54,55,56,62,63,64)/p+1/t40-,41-,42-/m0/s1. The van der Waals surface area contributed by atoms with E-state index in [-0.39, 0.29) is 55.5 Å². The largest absolute Gasteiger partial charge is 0.348 e. The average molecular weight is 862 g/mol. The van der Waals surface area contributed by atoms with Gasteiger partial charge in [0.2, 0.25) is 23.2 Å². The van der Waals surface area contributed by atoms with Gasteiger partial charge in [-0.2, -0.15) is 0 Å². The average Bonchev–Trinajstić information content (AvgIpc) is 3.30. The van der Waals surface area contributed by atoms with Gasteiger partial charge in [0.05, 0.1) is 43.1 Å². The van der Waals surface area contributed by atoms with Crippen LogP contribution in [-0.4, -0.2) is 109 Å². The Bertz CT molecular complexity index is 2370. The first-order chi connectivity index (χ1) is 31.1. The predicted octanol–water partition coefficient (Wildman–Crippen LogP) is 6.17. The summed E-state index contributed by atoms with van der Waals surface area (Å²) in [5.41, 5.74) is 5.54. The normalized spacial score (nSPS) is 16.6. The highest BCUT2D eigenvalue weighted by atomic mass is 16.2. The van der Waals surface area contributed by atoms with Crippen molar-refractivity contribution in [3.05, 3.63) is 162 Å². The van der Waals surface area contributed by atoms with E-state index in [1.165, 1.54) is 27.2 Å². The van der Waals surface area contributed by atoms with Crippen LogP contribution in [0.25, 0.3) is 21.7 Å². The van der Waals surface area contributed by atoms with E-state index in [2.05, 4.69) is 95.8 Å². The van der Waals surface area contributed by atoms with E-state index in [4.69, 9.17) is 0 Å². The number of carbonyl (C=O) groups is 3. The van der Waals surface area contributed by atoms with Crippen LogP contribution in [0.3, 0.4) is 0 Å². The Morgan fingerprint density at radius 1 is 0.484 bits per heavy atom. The second-order valence-corrected chi connectivity index (χ2v) is 17.4. The maximum atomic E-state index is 13.7. The van der Waals surface area contributed by atoms with E-state index in [1.807, 2.05) is 112 Å². The van der Waals surface area contributed by atoms with Crippen molar-refractivity contribution in [3.63, 3.8) is 0 Å². The lowest BCUT2D eigenvalue weighted by Crippen LogP contribution is -2.50.